The fraction of sp³-hybridized carbons (Fsp3) is 0.222. The highest BCUT2D eigenvalue weighted by atomic mass is 16.6. The smallest absolute Gasteiger partial charge is 0.269 e. The summed E-state index contributed by atoms with van der Waals surface area (Å²) in [4.78, 5) is 36.2. The van der Waals surface area contributed by atoms with Gasteiger partial charge in [0.1, 0.15) is 6.04 Å². The Bertz CT molecular complexity index is 832. The number of nitro benzene ring substituents is 1. The highest BCUT2D eigenvalue weighted by Gasteiger charge is 2.33. The minimum atomic E-state index is -0.680. The minimum Gasteiger partial charge on any atom is -0.368 e. The number of benzene rings is 2. The highest BCUT2D eigenvalue weighted by molar-refractivity contribution is 5.88. The number of non-ortho nitro benzene ring substituents is 1. The number of nitrogens with two attached hydrogens (primary N) is 1. The number of nitro groups is 1. The van der Waals surface area contributed by atoms with Crippen molar-refractivity contribution in [1.29, 1.82) is 0 Å². The third-order valence-corrected chi connectivity index (χ3v) is 4.40. The quantitative estimate of drug-likeness (QED) is 0.674. The fourth-order valence-corrected chi connectivity index (χ4v) is 3.05. The molecule has 128 valence electrons. The molecular weight excluding hydrogens is 322 g/mol. The first kappa shape index (κ1) is 16.6. The van der Waals surface area contributed by atoms with E-state index >= 15 is 0 Å². The van der Waals surface area contributed by atoms with Gasteiger partial charge in [-0.15, -0.1) is 0 Å². The molecule has 7 heteroatoms. The summed E-state index contributed by atoms with van der Waals surface area (Å²) in [6.07, 6.45) is 0.460. The largest absolute Gasteiger partial charge is 0.368 e. The molecule has 2 amide bonds. The summed E-state index contributed by atoms with van der Waals surface area (Å²) in [7, 11) is 0. The Morgan fingerprint density at radius 3 is 2.36 bits per heavy atom. The average Bonchev–Trinajstić information content (AvgIpc) is 2.61. The molecule has 0 spiro atoms. The number of hydrogen-bond donors (Lipinski definition) is 1. The monoisotopic (exact) mass is 339 g/mol. The van der Waals surface area contributed by atoms with Crippen LogP contribution in [-0.4, -0.2) is 27.7 Å². The molecule has 7 nitrogen and oxygen atoms in total. The second-order valence-electron chi connectivity index (χ2n) is 6.01. The van der Waals surface area contributed by atoms with Crippen LogP contribution in [0.5, 0.6) is 0 Å². The lowest BCUT2D eigenvalue weighted by Crippen LogP contribution is -2.51. The molecule has 0 radical (unpaired) electrons. The van der Waals surface area contributed by atoms with Gasteiger partial charge in [-0.3, -0.25) is 19.7 Å². The molecule has 1 aliphatic heterocycles. The number of fused-ring (bicyclic) bond motifs is 1. The van der Waals surface area contributed by atoms with Gasteiger partial charge in [0.15, 0.2) is 0 Å². The lowest BCUT2D eigenvalue weighted by Gasteiger charge is -2.35. The maximum absolute atomic E-state index is 12.7. The van der Waals surface area contributed by atoms with Crippen LogP contribution in [0.4, 0.5) is 5.69 Å². The lowest BCUT2D eigenvalue weighted by atomic mass is 9.93. The molecule has 0 bridgehead atoms. The van der Waals surface area contributed by atoms with E-state index in [-0.39, 0.29) is 18.0 Å². The van der Waals surface area contributed by atoms with Crippen LogP contribution < -0.4 is 5.73 Å². The number of carbonyl (C=O) groups excluding carboxylic acids is 2. The molecule has 2 aromatic rings. The highest BCUT2D eigenvalue weighted by Crippen LogP contribution is 2.24. The number of amides is 2. The molecule has 0 aliphatic carbocycles. The first-order valence-corrected chi connectivity index (χ1v) is 7.84. The van der Waals surface area contributed by atoms with Crippen molar-refractivity contribution in [2.24, 2.45) is 5.73 Å². The summed E-state index contributed by atoms with van der Waals surface area (Å²) in [5.74, 6) is -0.765. The van der Waals surface area contributed by atoms with Crippen molar-refractivity contribution in [2.75, 3.05) is 0 Å². The van der Waals surface area contributed by atoms with E-state index in [4.69, 9.17) is 5.73 Å². The predicted molar refractivity (Wildman–Crippen MR) is 90.5 cm³/mol. The van der Waals surface area contributed by atoms with E-state index in [2.05, 4.69) is 0 Å². The topological polar surface area (TPSA) is 107 Å². The number of nitrogens with zero attached hydrogens (tertiary/aromatic N) is 2. The van der Waals surface area contributed by atoms with Gasteiger partial charge in [-0.1, -0.05) is 36.4 Å². The summed E-state index contributed by atoms with van der Waals surface area (Å²) in [6, 6.07) is 12.8. The van der Waals surface area contributed by atoms with Gasteiger partial charge < -0.3 is 10.6 Å². The van der Waals surface area contributed by atoms with E-state index in [1.807, 2.05) is 24.3 Å². The Balaban J connectivity index is 1.80. The summed E-state index contributed by atoms with van der Waals surface area (Å²) < 4.78 is 0. The van der Waals surface area contributed by atoms with Crippen LogP contribution in [0, 0.1) is 10.1 Å². The van der Waals surface area contributed by atoms with Crippen molar-refractivity contribution in [1.82, 2.24) is 4.90 Å². The van der Waals surface area contributed by atoms with Crippen LogP contribution in [0.15, 0.2) is 48.5 Å². The van der Waals surface area contributed by atoms with E-state index in [1.54, 1.807) is 12.1 Å². The molecule has 2 aromatic carbocycles. The van der Waals surface area contributed by atoms with Gasteiger partial charge in [0.2, 0.25) is 11.8 Å². The number of rotatable bonds is 4. The molecule has 1 heterocycles. The molecule has 0 saturated carbocycles. The zero-order valence-corrected chi connectivity index (χ0v) is 13.4. The maximum atomic E-state index is 12.7. The summed E-state index contributed by atoms with van der Waals surface area (Å²) in [5, 5.41) is 10.7. The fourth-order valence-electron chi connectivity index (χ4n) is 3.05. The zero-order valence-electron chi connectivity index (χ0n) is 13.4. The van der Waals surface area contributed by atoms with Gasteiger partial charge in [-0.05, 0) is 16.7 Å². The van der Waals surface area contributed by atoms with E-state index in [9.17, 15) is 19.7 Å². The average molecular weight is 339 g/mol. The van der Waals surface area contributed by atoms with Crippen molar-refractivity contribution >= 4 is 17.5 Å². The Morgan fingerprint density at radius 1 is 1.12 bits per heavy atom. The maximum Gasteiger partial charge on any atom is 0.269 e. The number of carbonyl (C=O) groups is 2. The SMILES string of the molecule is NC(=O)[C@H]1Cc2ccccc2CN1C(=O)Cc1ccc([N+](=O)[O-])cc1. The Morgan fingerprint density at radius 2 is 1.76 bits per heavy atom. The minimum absolute atomic E-state index is 0.0295. The normalized spacial score (nSPS) is 16.2. The third kappa shape index (κ3) is 3.50. The van der Waals surface area contributed by atoms with Gasteiger partial charge in [0.25, 0.3) is 5.69 Å². The standard InChI is InChI=1S/C18H17N3O4/c19-18(23)16-10-13-3-1-2-4-14(13)11-20(16)17(22)9-12-5-7-15(8-6-12)21(24)25/h1-8,16H,9-11H2,(H2,19,23)/t16-/m1/s1. The van der Waals surface area contributed by atoms with Crippen molar-refractivity contribution in [3.05, 3.63) is 75.3 Å². The Labute approximate surface area is 144 Å². The molecular formula is C18H17N3O4. The van der Waals surface area contributed by atoms with Gasteiger partial charge in [0.05, 0.1) is 11.3 Å². The first-order chi connectivity index (χ1) is 12.0. The van der Waals surface area contributed by atoms with E-state index in [0.717, 1.165) is 11.1 Å². The first-order valence-electron chi connectivity index (χ1n) is 7.84. The molecule has 1 aliphatic rings. The molecule has 3 rings (SSSR count). The van der Waals surface area contributed by atoms with Gasteiger partial charge in [-0.25, -0.2) is 0 Å². The molecule has 0 unspecified atom stereocenters. The molecule has 0 aromatic heterocycles. The predicted octanol–water partition coefficient (Wildman–Crippen LogP) is 1.58. The van der Waals surface area contributed by atoms with E-state index in [1.165, 1.54) is 17.0 Å². The van der Waals surface area contributed by atoms with Crippen molar-refractivity contribution in [3.8, 4) is 0 Å². The summed E-state index contributed by atoms with van der Waals surface area (Å²) in [6.45, 7) is 0.329. The second-order valence-corrected chi connectivity index (χ2v) is 6.01. The van der Waals surface area contributed by atoms with Crippen molar-refractivity contribution < 1.29 is 14.5 Å². The summed E-state index contributed by atoms with van der Waals surface area (Å²) >= 11 is 0. The van der Waals surface area contributed by atoms with Gasteiger partial charge >= 0.3 is 0 Å². The zero-order chi connectivity index (χ0) is 18.0. The van der Waals surface area contributed by atoms with Crippen LogP contribution in [0.3, 0.4) is 0 Å². The van der Waals surface area contributed by atoms with Gasteiger partial charge in [-0.2, -0.15) is 0 Å². The van der Waals surface area contributed by atoms with Crippen LogP contribution in [0.1, 0.15) is 16.7 Å². The molecule has 1 atom stereocenters. The molecule has 0 fully saturated rings. The third-order valence-electron chi connectivity index (χ3n) is 4.40. The van der Waals surface area contributed by atoms with Crippen molar-refractivity contribution in [2.45, 2.75) is 25.4 Å². The molecule has 0 saturated heterocycles. The van der Waals surface area contributed by atoms with E-state index < -0.39 is 16.9 Å². The van der Waals surface area contributed by atoms with E-state index in [0.29, 0.717) is 18.5 Å². The lowest BCUT2D eigenvalue weighted by molar-refractivity contribution is -0.384. The van der Waals surface area contributed by atoms with Gasteiger partial charge in [0, 0.05) is 25.1 Å². The van der Waals surface area contributed by atoms with Crippen molar-refractivity contribution in [3.63, 3.8) is 0 Å². The Hall–Kier alpha value is -3.22. The summed E-state index contributed by atoms with van der Waals surface area (Å²) in [5.41, 5.74) is 8.13. The molecule has 2 N–H and O–H groups in total. The Kier molecular flexibility index (Phi) is 4.47. The molecule has 25 heavy (non-hydrogen) atoms. The van der Waals surface area contributed by atoms with Crippen LogP contribution in [0.2, 0.25) is 0 Å². The van der Waals surface area contributed by atoms with Crippen LogP contribution in [0.25, 0.3) is 0 Å². The second kappa shape index (κ2) is 6.72. The van der Waals surface area contributed by atoms with Crippen LogP contribution >= 0.6 is 0 Å². The van der Waals surface area contributed by atoms with Crippen LogP contribution in [-0.2, 0) is 29.0 Å². The number of hydrogen-bond acceptors (Lipinski definition) is 4. The number of primary amides is 1.